The lowest BCUT2D eigenvalue weighted by atomic mass is 9.97. The number of carboxylic acid groups (broad SMARTS) is 1. The lowest BCUT2D eigenvalue weighted by Gasteiger charge is -2.32. The maximum Gasteiger partial charge on any atom is 0.326 e. The van der Waals surface area contributed by atoms with Crippen molar-refractivity contribution < 1.29 is 28.2 Å². The highest BCUT2D eigenvalue weighted by atomic mass is 35.5. The van der Waals surface area contributed by atoms with Crippen LogP contribution in [-0.4, -0.2) is 65.2 Å². The van der Waals surface area contributed by atoms with Crippen molar-refractivity contribution in [3.8, 4) is 5.75 Å². The van der Waals surface area contributed by atoms with Crippen molar-refractivity contribution in [1.82, 2.24) is 9.80 Å². The van der Waals surface area contributed by atoms with Gasteiger partial charge in [-0.2, -0.15) is 0 Å². The number of hydrogen-bond acceptors (Lipinski definition) is 4. The zero-order valence-electron chi connectivity index (χ0n) is 21.6. The second-order valence-corrected chi connectivity index (χ2v) is 11.8. The van der Waals surface area contributed by atoms with Crippen LogP contribution >= 0.6 is 23.2 Å². The van der Waals surface area contributed by atoms with Crippen LogP contribution in [0.5, 0.6) is 5.75 Å². The number of alkyl halides is 1. The molecule has 1 saturated carbocycles. The number of carboxylic acids is 1. The Labute approximate surface area is 236 Å². The van der Waals surface area contributed by atoms with E-state index in [0.717, 1.165) is 61.3 Å². The van der Waals surface area contributed by atoms with Crippen LogP contribution in [-0.2, 0) is 17.8 Å². The van der Waals surface area contributed by atoms with E-state index < -0.39 is 29.9 Å². The van der Waals surface area contributed by atoms with E-state index in [9.17, 15) is 19.1 Å². The van der Waals surface area contributed by atoms with Gasteiger partial charge in [-0.25, -0.2) is 13.6 Å². The van der Waals surface area contributed by atoms with Gasteiger partial charge in [0, 0.05) is 19.0 Å². The Morgan fingerprint density at radius 3 is 2.44 bits per heavy atom. The number of halogens is 4. The first-order chi connectivity index (χ1) is 18.7. The summed E-state index contributed by atoms with van der Waals surface area (Å²) < 4.78 is 35.3. The number of carbonyl (C=O) groups is 2. The molecule has 0 radical (unpaired) electrons. The molecule has 2 heterocycles. The SMILES string of the molecule is O=C(O)[C@@H]1C[C@@H](F)CN1C(=O)c1cc(CC2CC2)c(OCC2CCN(Cc3ccc(Cl)c(Cl)c3)CC2)cc1F. The molecule has 1 aliphatic carbocycles. The van der Waals surface area contributed by atoms with Crippen LogP contribution in [0.1, 0.15) is 53.6 Å². The summed E-state index contributed by atoms with van der Waals surface area (Å²) in [4.78, 5) is 27.9. The van der Waals surface area contributed by atoms with Crippen molar-refractivity contribution in [3.63, 3.8) is 0 Å². The number of amides is 1. The molecule has 2 saturated heterocycles. The number of piperidine rings is 1. The molecule has 0 aromatic heterocycles. The Kier molecular flexibility index (Phi) is 8.64. The predicted octanol–water partition coefficient (Wildman–Crippen LogP) is 6.01. The van der Waals surface area contributed by atoms with Gasteiger partial charge in [0.15, 0.2) is 0 Å². The zero-order valence-corrected chi connectivity index (χ0v) is 23.1. The normalized spacial score (nSPS) is 22.3. The number of hydrogen-bond donors (Lipinski definition) is 1. The van der Waals surface area contributed by atoms with Gasteiger partial charge in [-0.1, -0.05) is 29.3 Å². The molecule has 2 aliphatic heterocycles. The van der Waals surface area contributed by atoms with Gasteiger partial charge in [0.05, 0.1) is 28.8 Å². The number of ether oxygens (including phenoxy) is 1. The van der Waals surface area contributed by atoms with E-state index in [1.165, 1.54) is 12.1 Å². The summed E-state index contributed by atoms with van der Waals surface area (Å²) in [6, 6.07) is 7.11. The van der Waals surface area contributed by atoms with E-state index in [4.69, 9.17) is 27.9 Å². The maximum absolute atomic E-state index is 15.2. The molecule has 1 N–H and O–H groups in total. The molecule has 39 heavy (non-hydrogen) atoms. The smallest absolute Gasteiger partial charge is 0.326 e. The highest BCUT2D eigenvalue weighted by molar-refractivity contribution is 6.42. The Bertz CT molecular complexity index is 1230. The Morgan fingerprint density at radius 1 is 1.03 bits per heavy atom. The summed E-state index contributed by atoms with van der Waals surface area (Å²) in [6.07, 6.45) is 2.93. The summed E-state index contributed by atoms with van der Waals surface area (Å²) in [7, 11) is 0. The minimum Gasteiger partial charge on any atom is -0.493 e. The second-order valence-electron chi connectivity index (χ2n) is 11.0. The maximum atomic E-state index is 15.2. The van der Waals surface area contributed by atoms with Crippen molar-refractivity contribution in [2.45, 2.75) is 57.3 Å². The lowest BCUT2D eigenvalue weighted by molar-refractivity contribution is -0.141. The minimum atomic E-state index is -1.44. The van der Waals surface area contributed by atoms with Gasteiger partial charge >= 0.3 is 5.97 Å². The number of aliphatic carboxylic acids is 1. The van der Waals surface area contributed by atoms with Crippen LogP contribution in [0, 0.1) is 17.7 Å². The Hall–Kier alpha value is -2.42. The number of rotatable bonds is 9. The van der Waals surface area contributed by atoms with E-state index >= 15 is 4.39 Å². The zero-order chi connectivity index (χ0) is 27.7. The van der Waals surface area contributed by atoms with Gasteiger partial charge in [0.1, 0.15) is 23.8 Å². The summed E-state index contributed by atoms with van der Waals surface area (Å²) in [6.45, 7) is 2.69. The molecule has 210 valence electrons. The summed E-state index contributed by atoms with van der Waals surface area (Å²) >= 11 is 12.2. The molecule has 2 aromatic rings. The number of benzene rings is 2. The van der Waals surface area contributed by atoms with Crippen LogP contribution in [0.15, 0.2) is 30.3 Å². The molecule has 0 bridgehead atoms. The molecule has 6 nitrogen and oxygen atoms in total. The topological polar surface area (TPSA) is 70.1 Å². The third kappa shape index (κ3) is 6.84. The second kappa shape index (κ2) is 12.0. The predicted molar refractivity (Wildman–Crippen MR) is 145 cm³/mol. The minimum absolute atomic E-state index is 0.228. The quantitative estimate of drug-likeness (QED) is 0.393. The number of nitrogens with zero attached hydrogens (tertiary/aromatic N) is 2. The molecular weight excluding hydrogens is 549 g/mol. The summed E-state index contributed by atoms with van der Waals surface area (Å²) in [5.74, 6) is -1.66. The number of carbonyl (C=O) groups excluding carboxylic acids is 1. The highest BCUT2D eigenvalue weighted by Crippen LogP contribution is 2.37. The fraction of sp³-hybridized carbons (Fsp3) is 0.517. The van der Waals surface area contributed by atoms with Gasteiger partial charge < -0.3 is 14.7 Å². The largest absolute Gasteiger partial charge is 0.493 e. The number of likely N-dealkylation sites (tertiary alicyclic amines) is 2. The van der Waals surface area contributed by atoms with Crippen LogP contribution in [0.25, 0.3) is 0 Å². The monoisotopic (exact) mass is 580 g/mol. The van der Waals surface area contributed by atoms with Crippen molar-refractivity contribution >= 4 is 35.1 Å². The molecule has 5 rings (SSSR count). The van der Waals surface area contributed by atoms with Crippen LogP contribution < -0.4 is 4.74 Å². The fourth-order valence-corrected chi connectivity index (χ4v) is 5.82. The molecule has 2 atom stereocenters. The van der Waals surface area contributed by atoms with Gasteiger partial charge in [0.25, 0.3) is 5.91 Å². The van der Waals surface area contributed by atoms with E-state index in [-0.39, 0.29) is 18.5 Å². The third-order valence-corrected chi connectivity index (χ3v) is 8.69. The van der Waals surface area contributed by atoms with Crippen LogP contribution in [0.4, 0.5) is 8.78 Å². The molecule has 1 amide bonds. The molecular formula is C29H32Cl2F2N2O4. The third-order valence-electron chi connectivity index (χ3n) is 7.95. The standard InChI is InChI=1S/C29H32Cl2F2N2O4/c30-23-4-3-19(10-24(23)31)14-34-7-5-18(6-8-34)16-39-27-13-25(33)22(11-20(27)9-17-1-2-17)28(36)35-15-21(32)12-26(35)29(37)38/h3-4,10-11,13,17-18,21,26H,1-2,5-9,12,14-16H2,(H,37,38)/t21-,26+/m1/s1. The van der Waals surface area contributed by atoms with Gasteiger partial charge in [-0.05, 0) is 86.4 Å². The molecule has 3 fully saturated rings. The van der Waals surface area contributed by atoms with Crippen molar-refractivity contribution in [2.24, 2.45) is 11.8 Å². The molecule has 2 aromatic carbocycles. The summed E-state index contributed by atoms with van der Waals surface area (Å²) in [5, 5.41) is 10.5. The molecule has 0 unspecified atom stereocenters. The van der Waals surface area contributed by atoms with Crippen molar-refractivity contribution in [3.05, 3.63) is 62.9 Å². The molecule has 10 heteroatoms. The fourth-order valence-electron chi connectivity index (χ4n) is 5.50. The van der Waals surface area contributed by atoms with E-state index in [1.54, 1.807) is 0 Å². The lowest BCUT2D eigenvalue weighted by Crippen LogP contribution is -2.41. The Morgan fingerprint density at radius 2 is 1.77 bits per heavy atom. The molecule has 0 spiro atoms. The van der Waals surface area contributed by atoms with Gasteiger partial charge in [-0.15, -0.1) is 0 Å². The van der Waals surface area contributed by atoms with Crippen LogP contribution in [0.3, 0.4) is 0 Å². The average molecular weight is 581 g/mol. The molecule has 3 aliphatic rings. The van der Waals surface area contributed by atoms with Crippen molar-refractivity contribution in [2.75, 3.05) is 26.2 Å². The Balaban J connectivity index is 1.22. The average Bonchev–Trinajstić information content (AvgIpc) is 3.64. The highest BCUT2D eigenvalue weighted by Gasteiger charge is 2.41. The van der Waals surface area contributed by atoms with E-state index in [2.05, 4.69) is 4.90 Å². The van der Waals surface area contributed by atoms with Gasteiger partial charge in [-0.3, -0.25) is 9.69 Å². The summed E-state index contributed by atoms with van der Waals surface area (Å²) in [5.41, 5.74) is 1.62. The van der Waals surface area contributed by atoms with E-state index in [1.807, 2.05) is 18.2 Å². The van der Waals surface area contributed by atoms with Gasteiger partial charge in [0.2, 0.25) is 0 Å². The first-order valence-electron chi connectivity index (χ1n) is 13.5. The van der Waals surface area contributed by atoms with Crippen molar-refractivity contribution in [1.29, 1.82) is 0 Å². The first-order valence-corrected chi connectivity index (χ1v) is 14.2. The first kappa shape index (κ1) is 28.1. The van der Waals surface area contributed by atoms with Crippen LogP contribution in [0.2, 0.25) is 10.0 Å². The van der Waals surface area contributed by atoms with E-state index in [0.29, 0.717) is 40.7 Å².